The number of anilines is 1. The number of ether oxygens (including phenoxy) is 2. The Morgan fingerprint density at radius 3 is 1.49 bits per heavy atom. The van der Waals surface area contributed by atoms with E-state index < -0.39 is 11.1 Å². The van der Waals surface area contributed by atoms with Gasteiger partial charge >= 0.3 is 0 Å². The molecule has 9 heteroatoms. The summed E-state index contributed by atoms with van der Waals surface area (Å²) in [5.74, 6) is 1.72. The van der Waals surface area contributed by atoms with Crippen LogP contribution in [0.3, 0.4) is 0 Å². The van der Waals surface area contributed by atoms with Crippen LogP contribution in [0, 0.1) is 0 Å². The monoisotopic (exact) mass is 821 g/mol. The van der Waals surface area contributed by atoms with Gasteiger partial charge in [-0.2, -0.15) is 5.10 Å². The van der Waals surface area contributed by atoms with Crippen LogP contribution in [-0.4, -0.2) is 36.9 Å². The van der Waals surface area contributed by atoms with Crippen LogP contribution < -0.4 is 14.8 Å². The number of benzene rings is 7. The number of hydrogen-bond donors (Lipinski definition) is 1. The van der Waals surface area contributed by atoms with E-state index in [2.05, 4.69) is 156 Å². The van der Waals surface area contributed by atoms with Gasteiger partial charge in [-0.25, -0.2) is 14.3 Å². The molecular weight excluding hydrogens is 779 g/mol. The summed E-state index contributed by atoms with van der Waals surface area (Å²) < 4.78 is 16.6. The molecule has 7 aromatic carbocycles. The first-order valence-corrected chi connectivity index (χ1v) is 20.9. The molecule has 0 radical (unpaired) electrons. The van der Waals surface area contributed by atoms with E-state index in [0.717, 1.165) is 44.6 Å². The number of methoxy groups -OCH3 is 1. The van der Waals surface area contributed by atoms with Gasteiger partial charge in [-0.3, -0.25) is 0 Å². The normalized spacial score (nSPS) is 11.6. The maximum absolute atomic E-state index is 6.90. The predicted octanol–water partition coefficient (Wildman–Crippen LogP) is 10.8. The number of nitrogens with one attached hydrogen (secondary N) is 1. The molecule has 0 atom stereocenters. The Balaban J connectivity index is 1.22. The number of pyridine rings is 1. The van der Waals surface area contributed by atoms with E-state index in [0.29, 0.717) is 28.5 Å². The average Bonchev–Trinajstić information content (AvgIpc) is 4.07. The summed E-state index contributed by atoms with van der Waals surface area (Å²) in [5, 5.41) is 18.4. The molecule has 0 saturated carbocycles. The molecular formula is C54H43N7O2. The van der Waals surface area contributed by atoms with E-state index in [9.17, 15) is 0 Å². The van der Waals surface area contributed by atoms with Gasteiger partial charge in [0, 0.05) is 30.1 Å². The predicted molar refractivity (Wildman–Crippen MR) is 247 cm³/mol. The molecule has 63 heavy (non-hydrogen) atoms. The average molecular weight is 822 g/mol. The first-order chi connectivity index (χ1) is 31.2. The third-order valence-electron chi connectivity index (χ3n) is 11.6. The van der Waals surface area contributed by atoms with E-state index in [-0.39, 0.29) is 6.61 Å². The summed E-state index contributed by atoms with van der Waals surface area (Å²) in [6, 6.07) is 72.5. The summed E-state index contributed by atoms with van der Waals surface area (Å²) >= 11 is 0. The van der Waals surface area contributed by atoms with Crippen molar-refractivity contribution >= 4 is 17.0 Å². The van der Waals surface area contributed by atoms with Gasteiger partial charge in [0.25, 0.3) is 0 Å². The van der Waals surface area contributed by atoms with Crippen LogP contribution in [0.25, 0.3) is 16.9 Å². The lowest BCUT2D eigenvalue weighted by molar-refractivity contribution is 0.299. The van der Waals surface area contributed by atoms with Gasteiger partial charge in [-0.1, -0.05) is 187 Å². The first-order valence-electron chi connectivity index (χ1n) is 20.9. The smallest absolute Gasteiger partial charge is 0.185 e. The second-order valence-corrected chi connectivity index (χ2v) is 15.2. The fourth-order valence-corrected chi connectivity index (χ4v) is 8.73. The lowest BCUT2D eigenvalue weighted by Gasteiger charge is -2.38. The van der Waals surface area contributed by atoms with Crippen molar-refractivity contribution in [2.75, 3.05) is 12.4 Å². The summed E-state index contributed by atoms with van der Waals surface area (Å²) in [6.45, 7) is 0.177. The molecule has 10 aromatic rings. The number of rotatable bonds is 14. The number of aromatic nitrogens is 6. The van der Waals surface area contributed by atoms with Crippen LogP contribution in [0.4, 0.5) is 5.82 Å². The molecule has 306 valence electrons. The van der Waals surface area contributed by atoms with Crippen molar-refractivity contribution in [1.29, 1.82) is 0 Å². The SMILES string of the molecule is COc1cc(-n2cccn2)ccc1COc1cc(NC(c2ccccc2)(c2ccccc2)c2ccccc2)nc2c1nnn2C(c1ccccc1)(c1ccccc1)c1ccccc1. The minimum absolute atomic E-state index is 0.177. The molecule has 0 unspecified atom stereocenters. The molecule has 10 rings (SSSR count). The Kier molecular flexibility index (Phi) is 10.5. The van der Waals surface area contributed by atoms with E-state index in [1.54, 1.807) is 18.0 Å². The van der Waals surface area contributed by atoms with E-state index in [1.165, 1.54) is 0 Å². The molecule has 0 aliphatic heterocycles. The molecule has 9 nitrogen and oxygen atoms in total. The highest BCUT2D eigenvalue weighted by Gasteiger charge is 2.42. The van der Waals surface area contributed by atoms with Crippen molar-refractivity contribution in [3.05, 3.63) is 264 Å². The van der Waals surface area contributed by atoms with Crippen molar-refractivity contribution in [2.24, 2.45) is 0 Å². The van der Waals surface area contributed by atoms with Crippen LogP contribution in [-0.2, 0) is 17.7 Å². The zero-order chi connectivity index (χ0) is 42.5. The fourth-order valence-electron chi connectivity index (χ4n) is 8.73. The number of hydrogen-bond acceptors (Lipinski definition) is 7. The minimum Gasteiger partial charge on any atom is -0.496 e. The topological polar surface area (TPSA) is 91.9 Å². The Labute approximate surface area is 365 Å². The maximum atomic E-state index is 6.90. The molecule has 0 spiro atoms. The van der Waals surface area contributed by atoms with Gasteiger partial charge in [-0.05, 0) is 51.6 Å². The quantitative estimate of drug-likeness (QED) is 0.109. The Morgan fingerprint density at radius 2 is 1.03 bits per heavy atom. The number of nitrogens with zero attached hydrogens (tertiary/aromatic N) is 6. The zero-order valence-corrected chi connectivity index (χ0v) is 34.6. The second kappa shape index (κ2) is 17.0. The summed E-state index contributed by atoms with van der Waals surface area (Å²) in [4.78, 5) is 5.54. The van der Waals surface area contributed by atoms with E-state index in [4.69, 9.17) is 24.8 Å². The van der Waals surface area contributed by atoms with Gasteiger partial charge in [-0.15, -0.1) is 5.10 Å². The molecule has 1 N–H and O–H groups in total. The van der Waals surface area contributed by atoms with Crippen molar-refractivity contribution in [3.63, 3.8) is 0 Å². The van der Waals surface area contributed by atoms with Gasteiger partial charge in [0.15, 0.2) is 16.9 Å². The highest BCUT2D eigenvalue weighted by atomic mass is 16.5. The van der Waals surface area contributed by atoms with Crippen LogP contribution in [0.1, 0.15) is 38.9 Å². The fraction of sp³-hybridized carbons (Fsp3) is 0.0741. The van der Waals surface area contributed by atoms with Crippen LogP contribution in [0.15, 0.2) is 225 Å². The van der Waals surface area contributed by atoms with Crippen LogP contribution in [0.5, 0.6) is 11.5 Å². The van der Waals surface area contributed by atoms with Crippen molar-refractivity contribution < 1.29 is 9.47 Å². The minimum atomic E-state index is -0.998. The molecule has 0 aliphatic carbocycles. The summed E-state index contributed by atoms with van der Waals surface area (Å²) in [7, 11) is 1.66. The van der Waals surface area contributed by atoms with Crippen LogP contribution in [0.2, 0.25) is 0 Å². The second-order valence-electron chi connectivity index (χ2n) is 15.2. The highest BCUT2D eigenvalue weighted by molar-refractivity contribution is 5.82. The van der Waals surface area contributed by atoms with Gasteiger partial charge in [0.2, 0.25) is 0 Å². The van der Waals surface area contributed by atoms with Gasteiger partial charge in [0.05, 0.1) is 12.8 Å². The van der Waals surface area contributed by atoms with E-state index in [1.807, 2.05) is 77.6 Å². The lowest BCUT2D eigenvalue weighted by Crippen LogP contribution is -2.39. The standard InChI is InChI=1S/C54H43N7O2/c1-62-48-37-47(60-36-20-35-55-60)34-33-40(48)39-63-49-38-50(57-53(41-21-8-2-9-22-41,42-23-10-3-11-24-42)43-25-12-4-13-26-43)56-52-51(49)58-59-61(52)54(44-27-14-5-15-28-44,45-29-16-6-17-30-45)46-31-18-7-19-32-46/h2-38H,39H2,1H3,(H,56,57). The van der Waals surface area contributed by atoms with E-state index >= 15 is 0 Å². The third-order valence-corrected chi connectivity index (χ3v) is 11.6. The van der Waals surface area contributed by atoms with Gasteiger partial charge < -0.3 is 14.8 Å². The molecule has 3 aromatic heterocycles. The van der Waals surface area contributed by atoms with Crippen molar-refractivity contribution in [2.45, 2.75) is 17.7 Å². The highest BCUT2D eigenvalue weighted by Crippen LogP contribution is 2.45. The van der Waals surface area contributed by atoms with Crippen LogP contribution >= 0.6 is 0 Å². The molecule has 0 amide bonds. The summed E-state index contributed by atoms with van der Waals surface area (Å²) in [5.41, 5.74) is 6.94. The Morgan fingerprint density at radius 1 is 0.540 bits per heavy atom. The Bertz CT molecular complexity index is 2860. The summed E-state index contributed by atoms with van der Waals surface area (Å²) in [6.07, 6.45) is 3.65. The first kappa shape index (κ1) is 38.9. The maximum Gasteiger partial charge on any atom is 0.185 e. The lowest BCUT2D eigenvalue weighted by atomic mass is 9.77. The molecule has 3 heterocycles. The third kappa shape index (κ3) is 7.05. The van der Waals surface area contributed by atoms with Crippen molar-refractivity contribution in [3.8, 4) is 17.2 Å². The Hall–Kier alpha value is -8.30. The van der Waals surface area contributed by atoms with Gasteiger partial charge in [0.1, 0.15) is 29.3 Å². The van der Waals surface area contributed by atoms with Crippen molar-refractivity contribution in [1.82, 2.24) is 29.8 Å². The zero-order valence-electron chi connectivity index (χ0n) is 34.6. The molecule has 0 saturated heterocycles. The largest absolute Gasteiger partial charge is 0.496 e. The molecule has 0 fully saturated rings. The number of fused-ring (bicyclic) bond motifs is 1. The molecule has 0 bridgehead atoms. The molecule has 0 aliphatic rings.